The number of alkyl halides is 3. The Labute approximate surface area is 140 Å². The maximum absolute atomic E-state index is 13.7. The van der Waals surface area contributed by atoms with Crippen molar-refractivity contribution >= 4 is 28.7 Å². The fraction of sp³-hybridized carbons (Fsp3) is 0.400. The molecule has 0 spiro atoms. The maximum atomic E-state index is 13.7. The topological polar surface area (TPSA) is 61.8 Å². The normalized spacial score (nSPS) is 25.5. The zero-order valence-electron chi connectivity index (χ0n) is 12.8. The first-order chi connectivity index (χ1) is 11.1. The van der Waals surface area contributed by atoms with E-state index in [2.05, 4.69) is 4.99 Å². The number of benzene rings is 1. The van der Waals surface area contributed by atoms with Crippen molar-refractivity contribution in [2.24, 2.45) is 4.99 Å². The van der Waals surface area contributed by atoms with E-state index in [4.69, 9.17) is 0 Å². The summed E-state index contributed by atoms with van der Waals surface area (Å²) in [7, 11) is 0. The molecule has 2 aliphatic heterocycles. The second kappa shape index (κ2) is 5.23. The molecule has 0 radical (unpaired) electrons. The summed E-state index contributed by atoms with van der Waals surface area (Å²) < 4.78 is 40.6. The monoisotopic (exact) mass is 357 g/mol. The molecule has 1 aromatic carbocycles. The lowest BCUT2D eigenvalue weighted by atomic mass is 10.1. The summed E-state index contributed by atoms with van der Waals surface area (Å²) in [5.41, 5.74) is -3.24. The highest BCUT2D eigenvalue weighted by Crippen LogP contribution is 2.45. The van der Waals surface area contributed by atoms with Crippen molar-refractivity contribution < 1.29 is 22.8 Å². The average molecular weight is 357 g/mol. The fourth-order valence-corrected chi connectivity index (χ4v) is 3.70. The lowest BCUT2D eigenvalue weighted by Gasteiger charge is -2.29. The molecule has 2 heterocycles. The standard InChI is InChI=1S/C15H14F3N3O2S/c1-13(2)8-21-11(23)14(15(16,17)18,20-12(21)24-13)19-10(22)9-6-4-3-5-7-9/h3-7H,8H2,1-2H3,(H,19,22). The number of rotatable bonds is 2. The number of fused-ring (bicyclic) bond motifs is 1. The minimum absolute atomic E-state index is 0.0179. The zero-order chi connectivity index (χ0) is 17.8. The van der Waals surface area contributed by atoms with Gasteiger partial charge in [-0.05, 0) is 26.0 Å². The van der Waals surface area contributed by atoms with Crippen LogP contribution in [0.4, 0.5) is 13.2 Å². The van der Waals surface area contributed by atoms with Crippen LogP contribution in [-0.4, -0.2) is 45.0 Å². The molecule has 2 aliphatic rings. The van der Waals surface area contributed by atoms with E-state index in [1.54, 1.807) is 11.4 Å². The number of aliphatic imine (C=N–C) groups is 1. The molecule has 24 heavy (non-hydrogen) atoms. The molecule has 5 nitrogen and oxygen atoms in total. The van der Waals surface area contributed by atoms with Crippen molar-refractivity contribution in [3.63, 3.8) is 0 Å². The molecule has 0 bridgehead atoms. The van der Waals surface area contributed by atoms with Gasteiger partial charge < -0.3 is 5.32 Å². The molecule has 1 atom stereocenters. The number of amidine groups is 1. The molecule has 1 unspecified atom stereocenters. The van der Waals surface area contributed by atoms with Gasteiger partial charge in [-0.25, -0.2) is 4.99 Å². The van der Waals surface area contributed by atoms with Gasteiger partial charge in [-0.1, -0.05) is 30.0 Å². The first-order valence-electron chi connectivity index (χ1n) is 7.11. The molecule has 2 amide bonds. The van der Waals surface area contributed by atoms with Gasteiger partial charge in [-0.2, -0.15) is 13.2 Å². The van der Waals surface area contributed by atoms with Crippen molar-refractivity contribution in [3.05, 3.63) is 35.9 Å². The molecular formula is C15H14F3N3O2S. The first-order valence-corrected chi connectivity index (χ1v) is 7.92. The van der Waals surface area contributed by atoms with Gasteiger partial charge in [0.2, 0.25) is 0 Å². The number of nitrogens with zero attached hydrogens (tertiary/aromatic N) is 2. The molecule has 1 fully saturated rings. The van der Waals surface area contributed by atoms with E-state index >= 15 is 0 Å². The minimum Gasteiger partial charge on any atom is -0.312 e. The summed E-state index contributed by atoms with van der Waals surface area (Å²) in [4.78, 5) is 29.2. The molecule has 0 saturated carbocycles. The minimum atomic E-state index is -5.05. The third-order valence-corrected chi connectivity index (χ3v) is 4.87. The highest BCUT2D eigenvalue weighted by atomic mass is 32.2. The number of amides is 2. The van der Waals surface area contributed by atoms with Gasteiger partial charge in [0.25, 0.3) is 11.8 Å². The summed E-state index contributed by atoms with van der Waals surface area (Å²) in [6, 6.07) is 7.41. The van der Waals surface area contributed by atoms with Crippen LogP contribution >= 0.6 is 11.8 Å². The van der Waals surface area contributed by atoms with Crippen molar-refractivity contribution in [2.45, 2.75) is 30.4 Å². The van der Waals surface area contributed by atoms with Crippen LogP contribution in [0.1, 0.15) is 24.2 Å². The van der Waals surface area contributed by atoms with Crippen LogP contribution in [0, 0.1) is 0 Å². The molecule has 1 aromatic rings. The number of thioether (sulfide) groups is 1. The third-order valence-electron chi connectivity index (χ3n) is 3.70. The molecular weight excluding hydrogens is 343 g/mol. The number of carbonyl (C=O) groups is 2. The summed E-state index contributed by atoms with van der Waals surface area (Å²) in [5, 5.41) is 1.78. The Morgan fingerprint density at radius 2 is 1.92 bits per heavy atom. The number of halogens is 3. The Morgan fingerprint density at radius 1 is 1.29 bits per heavy atom. The SMILES string of the molecule is CC1(C)CN2C(=O)C(NC(=O)c3ccccc3)(C(F)(F)F)N=C2S1. The maximum Gasteiger partial charge on any atom is 0.442 e. The summed E-state index contributed by atoms with van der Waals surface area (Å²) >= 11 is 1.09. The molecule has 9 heteroatoms. The zero-order valence-corrected chi connectivity index (χ0v) is 13.7. The third kappa shape index (κ3) is 2.56. The van der Waals surface area contributed by atoms with Gasteiger partial charge in [-0.3, -0.25) is 14.5 Å². The highest BCUT2D eigenvalue weighted by molar-refractivity contribution is 8.15. The molecule has 0 aliphatic carbocycles. The van der Waals surface area contributed by atoms with Crippen molar-refractivity contribution in [1.29, 1.82) is 0 Å². The lowest BCUT2D eigenvalue weighted by Crippen LogP contribution is -2.63. The van der Waals surface area contributed by atoms with Gasteiger partial charge in [0.15, 0.2) is 5.17 Å². The van der Waals surface area contributed by atoms with Gasteiger partial charge in [0.05, 0.1) is 0 Å². The molecule has 0 aromatic heterocycles. The number of hydrogen-bond donors (Lipinski definition) is 1. The summed E-state index contributed by atoms with van der Waals surface area (Å²) in [6.07, 6.45) is -5.05. The van der Waals surface area contributed by atoms with Gasteiger partial charge in [0.1, 0.15) is 0 Å². The van der Waals surface area contributed by atoms with E-state index in [0.717, 1.165) is 16.7 Å². The van der Waals surface area contributed by atoms with Crippen LogP contribution in [-0.2, 0) is 4.79 Å². The van der Waals surface area contributed by atoms with E-state index in [0.29, 0.717) is 0 Å². The van der Waals surface area contributed by atoms with E-state index in [9.17, 15) is 22.8 Å². The van der Waals surface area contributed by atoms with E-state index in [1.165, 1.54) is 24.3 Å². The predicted octanol–water partition coefficient (Wildman–Crippen LogP) is 2.40. The van der Waals surface area contributed by atoms with Crippen molar-refractivity contribution in [2.75, 3.05) is 6.54 Å². The molecule has 1 saturated heterocycles. The Balaban J connectivity index is 1.98. The number of nitrogens with one attached hydrogen (secondary N) is 1. The number of hydrogen-bond acceptors (Lipinski definition) is 4. The number of carbonyl (C=O) groups excluding carboxylic acids is 2. The quantitative estimate of drug-likeness (QED) is 0.884. The fourth-order valence-electron chi connectivity index (χ4n) is 2.57. The Kier molecular flexibility index (Phi) is 3.67. The van der Waals surface area contributed by atoms with Gasteiger partial charge in [-0.15, -0.1) is 0 Å². The van der Waals surface area contributed by atoms with Crippen LogP contribution in [0.2, 0.25) is 0 Å². The van der Waals surface area contributed by atoms with Gasteiger partial charge >= 0.3 is 11.8 Å². The van der Waals surface area contributed by atoms with Crippen LogP contribution in [0.15, 0.2) is 35.3 Å². The van der Waals surface area contributed by atoms with Crippen molar-refractivity contribution in [3.8, 4) is 0 Å². The largest absolute Gasteiger partial charge is 0.442 e. The van der Waals surface area contributed by atoms with Gasteiger partial charge in [0, 0.05) is 16.9 Å². The smallest absolute Gasteiger partial charge is 0.312 e. The van der Waals surface area contributed by atoms with E-state index < -0.39 is 28.4 Å². The van der Waals surface area contributed by atoms with Crippen LogP contribution in [0.5, 0.6) is 0 Å². The van der Waals surface area contributed by atoms with E-state index in [-0.39, 0.29) is 17.3 Å². The molecule has 1 N–H and O–H groups in total. The highest BCUT2D eigenvalue weighted by Gasteiger charge is 2.68. The van der Waals surface area contributed by atoms with Crippen LogP contribution in [0.3, 0.4) is 0 Å². The summed E-state index contributed by atoms with van der Waals surface area (Å²) in [5.74, 6) is -2.27. The second-order valence-electron chi connectivity index (χ2n) is 6.18. The van der Waals surface area contributed by atoms with Crippen LogP contribution in [0.25, 0.3) is 0 Å². The van der Waals surface area contributed by atoms with Crippen molar-refractivity contribution in [1.82, 2.24) is 10.2 Å². The predicted molar refractivity (Wildman–Crippen MR) is 83.5 cm³/mol. The Hall–Kier alpha value is -2.03. The average Bonchev–Trinajstić information content (AvgIpc) is 2.91. The van der Waals surface area contributed by atoms with Crippen LogP contribution < -0.4 is 5.32 Å². The second-order valence-corrected chi connectivity index (χ2v) is 7.85. The molecule has 128 valence electrons. The Morgan fingerprint density at radius 3 is 2.46 bits per heavy atom. The first kappa shape index (κ1) is 16.8. The Bertz CT molecular complexity index is 733. The summed E-state index contributed by atoms with van der Waals surface area (Å²) in [6.45, 7) is 3.72. The molecule has 3 rings (SSSR count). The lowest BCUT2D eigenvalue weighted by molar-refractivity contribution is -0.196. The van der Waals surface area contributed by atoms with E-state index in [1.807, 2.05) is 13.8 Å².